The van der Waals surface area contributed by atoms with E-state index in [1.54, 1.807) is 4.90 Å². The fourth-order valence-electron chi connectivity index (χ4n) is 1.71. The Kier molecular flexibility index (Phi) is 2.34. The van der Waals surface area contributed by atoms with Gasteiger partial charge in [0, 0.05) is 6.54 Å². The fourth-order valence-corrected chi connectivity index (χ4v) is 1.71. The Balaban J connectivity index is 2.03. The Morgan fingerprint density at radius 2 is 2.20 bits per heavy atom. The van der Waals surface area contributed by atoms with Gasteiger partial charge in [-0.2, -0.15) is 10.5 Å². The SMILES string of the molecule is N#CC1CN(C(=O)C2(C#N)CC2)CCO1. The molecule has 0 N–H and O–H groups in total. The van der Waals surface area contributed by atoms with Crippen LogP contribution in [-0.2, 0) is 9.53 Å². The van der Waals surface area contributed by atoms with Crippen molar-refractivity contribution >= 4 is 5.91 Å². The molecule has 2 aliphatic rings. The molecule has 5 nitrogen and oxygen atoms in total. The van der Waals surface area contributed by atoms with Gasteiger partial charge in [-0.3, -0.25) is 4.79 Å². The van der Waals surface area contributed by atoms with Crippen molar-refractivity contribution in [3.8, 4) is 12.1 Å². The third-order valence-corrected chi connectivity index (χ3v) is 2.87. The first-order valence-corrected chi connectivity index (χ1v) is 4.94. The summed E-state index contributed by atoms with van der Waals surface area (Å²) < 4.78 is 5.14. The van der Waals surface area contributed by atoms with Crippen LogP contribution >= 0.6 is 0 Å². The normalized spacial score (nSPS) is 27.6. The lowest BCUT2D eigenvalue weighted by molar-refractivity contribution is -0.140. The molecule has 1 unspecified atom stereocenters. The van der Waals surface area contributed by atoms with E-state index in [1.807, 2.05) is 6.07 Å². The number of rotatable bonds is 1. The molecule has 1 saturated carbocycles. The van der Waals surface area contributed by atoms with Crippen LogP contribution in [0.1, 0.15) is 12.8 Å². The molecule has 1 aliphatic carbocycles. The topological polar surface area (TPSA) is 77.1 Å². The van der Waals surface area contributed by atoms with Crippen LogP contribution in [-0.4, -0.2) is 36.6 Å². The Bertz CT molecular complexity index is 362. The molecule has 78 valence electrons. The Labute approximate surface area is 87.8 Å². The summed E-state index contributed by atoms with van der Waals surface area (Å²) in [6.07, 6.45) is 0.755. The average Bonchev–Trinajstić information content (AvgIpc) is 3.09. The molecule has 1 saturated heterocycles. The first kappa shape index (κ1) is 9.95. The van der Waals surface area contributed by atoms with E-state index in [1.165, 1.54) is 0 Å². The van der Waals surface area contributed by atoms with Crippen molar-refractivity contribution in [2.24, 2.45) is 5.41 Å². The standard InChI is InChI=1S/C10H11N3O2/c11-5-8-6-13(3-4-15-8)9(14)10(7-12)1-2-10/h8H,1-4,6H2. The monoisotopic (exact) mass is 205 g/mol. The van der Waals surface area contributed by atoms with E-state index >= 15 is 0 Å². The van der Waals surface area contributed by atoms with Gasteiger partial charge >= 0.3 is 0 Å². The zero-order chi connectivity index (χ0) is 10.9. The minimum Gasteiger partial charge on any atom is -0.360 e. The van der Waals surface area contributed by atoms with Crippen molar-refractivity contribution < 1.29 is 9.53 Å². The minimum absolute atomic E-state index is 0.131. The van der Waals surface area contributed by atoms with Crippen molar-refractivity contribution in [3.63, 3.8) is 0 Å². The smallest absolute Gasteiger partial charge is 0.243 e. The lowest BCUT2D eigenvalue weighted by Gasteiger charge is -2.31. The van der Waals surface area contributed by atoms with E-state index in [9.17, 15) is 4.79 Å². The number of amides is 1. The van der Waals surface area contributed by atoms with Gasteiger partial charge in [-0.25, -0.2) is 0 Å². The lowest BCUT2D eigenvalue weighted by atomic mass is 10.1. The molecule has 0 aromatic carbocycles. The number of ether oxygens (including phenoxy) is 1. The van der Waals surface area contributed by atoms with Gasteiger partial charge in [-0.15, -0.1) is 0 Å². The number of hydrogen-bond acceptors (Lipinski definition) is 4. The quantitative estimate of drug-likeness (QED) is 0.605. The molecule has 1 aliphatic heterocycles. The summed E-state index contributed by atoms with van der Waals surface area (Å²) >= 11 is 0. The van der Waals surface area contributed by atoms with Gasteiger partial charge in [-0.05, 0) is 12.8 Å². The Hall–Kier alpha value is -1.59. The van der Waals surface area contributed by atoms with E-state index in [-0.39, 0.29) is 5.91 Å². The summed E-state index contributed by atoms with van der Waals surface area (Å²) in [6.45, 7) is 1.16. The van der Waals surface area contributed by atoms with Gasteiger partial charge in [0.2, 0.25) is 5.91 Å². The first-order valence-electron chi connectivity index (χ1n) is 4.94. The minimum atomic E-state index is -0.780. The van der Waals surface area contributed by atoms with Crippen LogP contribution in [0, 0.1) is 28.1 Å². The van der Waals surface area contributed by atoms with Crippen LogP contribution in [0.2, 0.25) is 0 Å². The average molecular weight is 205 g/mol. The van der Waals surface area contributed by atoms with Gasteiger partial charge in [-0.1, -0.05) is 0 Å². The van der Waals surface area contributed by atoms with Gasteiger partial charge in [0.15, 0.2) is 6.10 Å². The predicted molar refractivity (Wildman–Crippen MR) is 49.2 cm³/mol. The summed E-state index contributed by atoms with van der Waals surface area (Å²) in [5.41, 5.74) is -0.780. The van der Waals surface area contributed by atoms with E-state index < -0.39 is 11.5 Å². The molecule has 0 aromatic rings. The van der Waals surface area contributed by atoms with Crippen LogP contribution in [0.5, 0.6) is 0 Å². The number of hydrogen-bond donors (Lipinski definition) is 0. The van der Waals surface area contributed by atoms with E-state index in [2.05, 4.69) is 6.07 Å². The first-order chi connectivity index (χ1) is 7.22. The van der Waals surface area contributed by atoms with Crippen LogP contribution < -0.4 is 0 Å². The Morgan fingerprint density at radius 3 is 2.73 bits per heavy atom. The van der Waals surface area contributed by atoms with Gasteiger partial charge in [0.25, 0.3) is 0 Å². The maximum absolute atomic E-state index is 11.9. The van der Waals surface area contributed by atoms with Crippen molar-refractivity contribution in [1.82, 2.24) is 4.90 Å². The van der Waals surface area contributed by atoms with E-state index in [4.69, 9.17) is 15.3 Å². The van der Waals surface area contributed by atoms with Crippen LogP contribution in [0.3, 0.4) is 0 Å². The highest BCUT2D eigenvalue weighted by Gasteiger charge is 2.53. The maximum Gasteiger partial charge on any atom is 0.243 e. The molecule has 2 rings (SSSR count). The number of nitrogens with zero attached hydrogens (tertiary/aromatic N) is 3. The highest BCUT2D eigenvalue weighted by molar-refractivity contribution is 5.88. The van der Waals surface area contributed by atoms with Gasteiger partial charge < -0.3 is 9.64 Å². The molecule has 1 amide bonds. The second-order valence-electron chi connectivity index (χ2n) is 3.93. The number of carbonyl (C=O) groups excluding carboxylic acids is 1. The molecule has 1 heterocycles. The molecular formula is C10H11N3O2. The van der Waals surface area contributed by atoms with Crippen molar-refractivity contribution in [3.05, 3.63) is 0 Å². The molecule has 0 bridgehead atoms. The van der Waals surface area contributed by atoms with E-state index in [0.717, 1.165) is 0 Å². The molecule has 2 fully saturated rings. The predicted octanol–water partition coefficient (Wildman–Crippen LogP) is 0.0412. The van der Waals surface area contributed by atoms with Crippen LogP contribution in [0.4, 0.5) is 0 Å². The highest BCUT2D eigenvalue weighted by Crippen LogP contribution is 2.46. The number of carbonyl (C=O) groups is 1. The zero-order valence-corrected chi connectivity index (χ0v) is 8.27. The summed E-state index contributed by atoms with van der Waals surface area (Å²) in [4.78, 5) is 13.5. The lowest BCUT2D eigenvalue weighted by Crippen LogP contribution is -2.47. The zero-order valence-electron chi connectivity index (χ0n) is 8.27. The van der Waals surface area contributed by atoms with Crippen molar-refractivity contribution in [2.75, 3.05) is 19.7 Å². The molecule has 1 atom stereocenters. The van der Waals surface area contributed by atoms with Gasteiger partial charge in [0.05, 0.1) is 25.3 Å². The molecule has 5 heteroatoms. The largest absolute Gasteiger partial charge is 0.360 e. The van der Waals surface area contributed by atoms with Crippen LogP contribution in [0.15, 0.2) is 0 Å². The molecular weight excluding hydrogens is 194 g/mol. The fraction of sp³-hybridized carbons (Fsp3) is 0.700. The maximum atomic E-state index is 11.9. The summed E-state index contributed by atoms with van der Waals surface area (Å²) in [6, 6.07) is 4.05. The summed E-state index contributed by atoms with van der Waals surface area (Å²) in [7, 11) is 0. The van der Waals surface area contributed by atoms with Crippen molar-refractivity contribution in [1.29, 1.82) is 10.5 Å². The van der Waals surface area contributed by atoms with Gasteiger partial charge in [0.1, 0.15) is 5.41 Å². The highest BCUT2D eigenvalue weighted by atomic mass is 16.5. The second kappa shape index (κ2) is 3.52. The molecule has 0 spiro atoms. The third kappa shape index (κ3) is 1.67. The second-order valence-corrected chi connectivity index (χ2v) is 3.93. The van der Waals surface area contributed by atoms with E-state index in [0.29, 0.717) is 32.5 Å². The number of morpholine rings is 1. The number of nitriles is 2. The third-order valence-electron chi connectivity index (χ3n) is 2.87. The molecule has 0 aromatic heterocycles. The van der Waals surface area contributed by atoms with Crippen molar-refractivity contribution in [2.45, 2.75) is 18.9 Å². The summed E-state index contributed by atoms with van der Waals surface area (Å²) in [5.74, 6) is -0.131. The van der Waals surface area contributed by atoms with Crippen LogP contribution in [0.25, 0.3) is 0 Å². The Morgan fingerprint density at radius 1 is 1.47 bits per heavy atom. The molecule has 0 radical (unpaired) electrons. The molecule has 15 heavy (non-hydrogen) atoms. The summed E-state index contributed by atoms with van der Waals surface area (Å²) in [5, 5.41) is 17.6.